The number of aromatic nitrogens is 2. The van der Waals surface area contributed by atoms with E-state index in [0.717, 1.165) is 86.0 Å². The van der Waals surface area contributed by atoms with Crippen LogP contribution in [0.2, 0.25) is 0 Å². The van der Waals surface area contributed by atoms with Gasteiger partial charge in [0.05, 0.1) is 18.2 Å². The van der Waals surface area contributed by atoms with Gasteiger partial charge in [-0.1, -0.05) is 31.1 Å². The van der Waals surface area contributed by atoms with Crippen molar-refractivity contribution in [3.63, 3.8) is 0 Å². The lowest BCUT2D eigenvalue weighted by Gasteiger charge is -2.35. The second kappa shape index (κ2) is 13.7. The second-order valence-electron chi connectivity index (χ2n) is 11.8. The molecule has 0 bridgehead atoms. The van der Waals surface area contributed by atoms with Crippen LogP contribution in [0, 0.1) is 11.8 Å². The molecule has 0 unspecified atom stereocenters. The van der Waals surface area contributed by atoms with E-state index >= 15 is 0 Å². The zero-order chi connectivity index (χ0) is 27.0. The van der Waals surface area contributed by atoms with Crippen molar-refractivity contribution in [3.05, 3.63) is 17.7 Å². The first-order valence-corrected chi connectivity index (χ1v) is 15.5. The standard InChI is InChI=1S/C32H48N6O/c1-25(2)37-21-14-27(15-22-37)33-31-28-24-30(39-3)26(13-7-12-18-36-16-8-6-9-17-36)23-29(28)34-32(35-31)38-19-10-4-5-11-20-38/h23-25,27H,4-6,8-12,14-22H2,1-3H3,(H,33,34,35). The molecular formula is C32H48N6O. The first kappa shape index (κ1) is 28.0. The Morgan fingerprint density at radius 3 is 2.31 bits per heavy atom. The van der Waals surface area contributed by atoms with E-state index in [2.05, 4.69) is 57.8 Å². The van der Waals surface area contributed by atoms with Crippen LogP contribution in [-0.4, -0.2) is 84.8 Å². The number of rotatable bonds is 7. The van der Waals surface area contributed by atoms with Crippen LogP contribution in [0.1, 0.15) is 83.6 Å². The van der Waals surface area contributed by atoms with Gasteiger partial charge in [0.25, 0.3) is 0 Å². The summed E-state index contributed by atoms with van der Waals surface area (Å²) in [5.41, 5.74) is 1.87. The number of hydrogen-bond donors (Lipinski definition) is 1. The first-order chi connectivity index (χ1) is 19.1. The fourth-order valence-corrected chi connectivity index (χ4v) is 6.24. The number of hydrogen-bond acceptors (Lipinski definition) is 7. The molecule has 4 heterocycles. The van der Waals surface area contributed by atoms with Gasteiger partial charge in [0, 0.05) is 56.6 Å². The van der Waals surface area contributed by atoms with Gasteiger partial charge < -0.3 is 24.8 Å². The number of piperidine rings is 2. The highest BCUT2D eigenvalue weighted by Gasteiger charge is 2.23. The van der Waals surface area contributed by atoms with Crippen LogP contribution in [0.25, 0.3) is 10.9 Å². The van der Waals surface area contributed by atoms with Crippen LogP contribution in [0.3, 0.4) is 0 Å². The maximum atomic E-state index is 5.84. The molecule has 0 radical (unpaired) electrons. The predicted molar refractivity (Wildman–Crippen MR) is 162 cm³/mol. The van der Waals surface area contributed by atoms with Crippen molar-refractivity contribution in [3.8, 4) is 17.6 Å². The quantitative estimate of drug-likeness (QED) is 0.471. The Kier molecular flexibility index (Phi) is 9.81. The second-order valence-corrected chi connectivity index (χ2v) is 11.8. The molecular weight excluding hydrogens is 484 g/mol. The molecule has 2 aromatic rings. The number of ether oxygens (including phenoxy) is 1. The Balaban J connectivity index is 1.42. The van der Waals surface area contributed by atoms with Crippen LogP contribution < -0.4 is 15.0 Å². The highest BCUT2D eigenvalue weighted by Crippen LogP contribution is 2.32. The monoisotopic (exact) mass is 532 g/mol. The Labute approximate surface area is 235 Å². The summed E-state index contributed by atoms with van der Waals surface area (Å²) in [7, 11) is 1.74. The predicted octanol–water partition coefficient (Wildman–Crippen LogP) is 5.53. The van der Waals surface area contributed by atoms with E-state index in [1.165, 1.54) is 58.0 Å². The van der Waals surface area contributed by atoms with Gasteiger partial charge in [-0.3, -0.25) is 0 Å². The highest BCUT2D eigenvalue weighted by atomic mass is 16.5. The topological polar surface area (TPSA) is 56.8 Å². The molecule has 0 spiro atoms. The average Bonchev–Trinajstić information content (AvgIpc) is 3.25. The summed E-state index contributed by atoms with van der Waals surface area (Å²) in [5.74, 6) is 9.43. The maximum Gasteiger partial charge on any atom is 0.227 e. The average molecular weight is 533 g/mol. The molecule has 3 aliphatic heterocycles. The van der Waals surface area contributed by atoms with Gasteiger partial charge in [0.1, 0.15) is 11.6 Å². The first-order valence-electron chi connectivity index (χ1n) is 15.5. The minimum Gasteiger partial charge on any atom is -0.495 e. The van der Waals surface area contributed by atoms with Gasteiger partial charge in [-0.15, -0.1) is 0 Å². The third-order valence-corrected chi connectivity index (χ3v) is 8.72. The Morgan fingerprint density at radius 2 is 1.62 bits per heavy atom. The summed E-state index contributed by atoms with van der Waals surface area (Å²) >= 11 is 0. The Morgan fingerprint density at radius 1 is 0.923 bits per heavy atom. The fraction of sp³-hybridized carbons (Fsp3) is 0.688. The third-order valence-electron chi connectivity index (χ3n) is 8.72. The van der Waals surface area contributed by atoms with Crippen LogP contribution in [0.15, 0.2) is 12.1 Å². The number of fused-ring (bicyclic) bond motifs is 1. The van der Waals surface area contributed by atoms with E-state index in [1.54, 1.807) is 7.11 Å². The highest BCUT2D eigenvalue weighted by molar-refractivity contribution is 5.93. The van der Waals surface area contributed by atoms with E-state index in [-0.39, 0.29) is 0 Å². The van der Waals surface area contributed by atoms with Gasteiger partial charge >= 0.3 is 0 Å². The normalized spacial score (nSPS) is 20.1. The molecule has 0 saturated carbocycles. The summed E-state index contributed by atoms with van der Waals surface area (Å²) in [6.45, 7) is 12.4. The lowest BCUT2D eigenvalue weighted by molar-refractivity contribution is 0.177. The number of nitrogens with one attached hydrogen (secondary N) is 1. The SMILES string of the molecule is COc1cc2c(NC3CCN(C(C)C)CC3)nc(N3CCCCCC3)nc2cc1C#CCCN1CCCCC1. The number of benzene rings is 1. The summed E-state index contributed by atoms with van der Waals surface area (Å²) in [6, 6.07) is 5.23. The van der Waals surface area contributed by atoms with Crippen molar-refractivity contribution in [2.45, 2.75) is 90.1 Å². The van der Waals surface area contributed by atoms with E-state index < -0.39 is 0 Å². The Hall–Kier alpha value is -2.56. The van der Waals surface area contributed by atoms with E-state index in [9.17, 15) is 0 Å². The van der Waals surface area contributed by atoms with Gasteiger partial charge in [0.15, 0.2) is 0 Å². The van der Waals surface area contributed by atoms with Crippen molar-refractivity contribution in [2.75, 3.05) is 63.1 Å². The molecule has 1 N–H and O–H groups in total. The van der Waals surface area contributed by atoms with Crippen molar-refractivity contribution >= 4 is 22.7 Å². The largest absolute Gasteiger partial charge is 0.495 e. The van der Waals surface area contributed by atoms with Crippen molar-refractivity contribution in [1.82, 2.24) is 19.8 Å². The third kappa shape index (κ3) is 7.35. The van der Waals surface area contributed by atoms with Crippen molar-refractivity contribution in [2.24, 2.45) is 0 Å². The zero-order valence-electron chi connectivity index (χ0n) is 24.5. The molecule has 3 saturated heterocycles. The molecule has 0 atom stereocenters. The van der Waals surface area contributed by atoms with E-state index in [0.29, 0.717) is 12.1 Å². The minimum atomic E-state index is 0.412. The van der Waals surface area contributed by atoms with Crippen LogP contribution in [0.5, 0.6) is 5.75 Å². The van der Waals surface area contributed by atoms with Crippen molar-refractivity contribution in [1.29, 1.82) is 0 Å². The molecule has 1 aromatic carbocycles. The maximum absolute atomic E-state index is 5.84. The van der Waals surface area contributed by atoms with Crippen LogP contribution in [0.4, 0.5) is 11.8 Å². The molecule has 0 amide bonds. The molecule has 7 heteroatoms. The lowest BCUT2D eigenvalue weighted by Crippen LogP contribution is -2.42. The summed E-state index contributed by atoms with van der Waals surface area (Å²) < 4.78 is 5.84. The number of methoxy groups -OCH3 is 1. The summed E-state index contributed by atoms with van der Waals surface area (Å²) in [6.07, 6.45) is 12.1. The molecule has 3 fully saturated rings. The van der Waals surface area contributed by atoms with Gasteiger partial charge in [-0.05, 0) is 77.6 Å². The van der Waals surface area contributed by atoms with Crippen molar-refractivity contribution < 1.29 is 4.74 Å². The van der Waals surface area contributed by atoms with E-state index in [4.69, 9.17) is 14.7 Å². The Bertz CT molecular complexity index is 1130. The molecule has 0 aliphatic carbocycles. The lowest BCUT2D eigenvalue weighted by atomic mass is 10.0. The van der Waals surface area contributed by atoms with Gasteiger partial charge in [-0.2, -0.15) is 4.98 Å². The molecule has 39 heavy (non-hydrogen) atoms. The van der Waals surface area contributed by atoms with E-state index in [1.807, 2.05) is 0 Å². The van der Waals surface area contributed by atoms with Crippen LogP contribution in [-0.2, 0) is 0 Å². The van der Waals surface area contributed by atoms with Crippen LogP contribution >= 0.6 is 0 Å². The molecule has 3 aliphatic rings. The number of anilines is 2. The molecule has 5 rings (SSSR count). The minimum absolute atomic E-state index is 0.412. The zero-order valence-corrected chi connectivity index (χ0v) is 24.5. The fourth-order valence-electron chi connectivity index (χ4n) is 6.24. The summed E-state index contributed by atoms with van der Waals surface area (Å²) in [4.78, 5) is 17.7. The van der Waals surface area contributed by atoms with Gasteiger partial charge in [0.2, 0.25) is 5.95 Å². The molecule has 212 valence electrons. The smallest absolute Gasteiger partial charge is 0.227 e. The summed E-state index contributed by atoms with van der Waals surface area (Å²) in [5, 5.41) is 4.86. The van der Waals surface area contributed by atoms with Gasteiger partial charge in [-0.25, -0.2) is 4.98 Å². The number of nitrogens with zero attached hydrogens (tertiary/aromatic N) is 5. The number of likely N-dealkylation sites (tertiary alicyclic amines) is 2. The molecule has 7 nitrogen and oxygen atoms in total. The molecule has 1 aromatic heterocycles.